The van der Waals surface area contributed by atoms with E-state index in [0.29, 0.717) is 6.42 Å². The lowest BCUT2D eigenvalue weighted by Gasteiger charge is -2.14. The van der Waals surface area contributed by atoms with Crippen LogP contribution in [0.4, 0.5) is 18.9 Å². The molecule has 0 aliphatic heterocycles. The Kier molecular flexibility index (Phi) is 7.50. The molecule has 29 heavy (non-hydrogen) atoms. The summed E-state index contributed by atoms with van der Waals surface area (Å²) in [5.41, 5.74) is -1.39. The van der Waals surface area contributed by atoms with Gasteiger partial charge in [-0.15, -0.1) is 0 Å². The van der Waals surface area contributed by atoms with Gasteiger partial charge in [-0.05, 0) is 36.8 Å². The smallest absolute Gasteiger partial charge is 0.418 e. The highest BCUT2D eigenvalue weighted by atomic mass is 35.5. The van der Waals surface area contributed by atoms with Crippen LogP contribution in [0.2, 0.25) is 5.02 Å². The highest BCUT2D eigenvalue weighted by Crippen LogP contribution is 2.34. The number of ether oxygens (including phenoxy) is 1. The van der Waals surface area contributed by atoms with Gasteiger partial charge < -0.3 is 10.1 Å². The van der Waals surface area contributed by atoms with E-state index in [-0.39, 0.29) is 22.2 Å². The number of anilines is 1. The predicted molar refractivity (Wildman–Crippen MR) is 103 cm³/mol. The van der Waals surface area contributed by atoms with E-state index in [4.69, 9.17) is 16.3 Å². The first kappa shape index (κ1) is 23.0. The van der Waals surface area contributed by atoms with E-state index in [1.807, 2.05) is 6.92 Å². The lowest BCUT2D eigenvalue weighted by molar-refractivity contribution is -0.137. The van der Waals surface area contributed by atoms with Gasteiger partial charge in [-0.2, -0.15) is 13.2 Å². The lowest BCUT2D eigenvalue weighted by atomic mass is 10.1. The molecule has 6 nitrogen and oxygen atoms in total. The maximum absolute atomic E-state index is 13.0. The third kappa shape index (κ3) is 6.34. The normalized spacial score (nSPS) is 11.9. The molecule has 0 saturated heterocycles. The van der Waals surface area contributed by atoms with E-state index in [2.05, 4.69) is 10.0 Å². The van der Waals surface area contributed by atoms with E-state index in [1.165, 1.54) is 24.3 Å². The number of sulfonamides is 1. The van der Waals surface area contributed by atoms with Gasteiger partial charge in [0.05, 0.1) is 21.2 Å². The van der Waals surface area contributed by atoms with Crippen LogP contribution in [0.25, 0.3) is 0 Å². The first-order valence-corrected chi connectivity index (χ1v) is 10.3. The Morgan fingerprint density at radius 2 is 1.86 bits per heavy atom. The number of hydrogen-bond acceptors (Lipinski definition) is 4. The molecule has 2 rings (SSSR count). The molecule has 0 saturated carbocycles. The van der Waals surface area contributed by atoms with Gasteiger partial charge in [0.15, 0.2) is 6.61 Å². The monoisotopic (exact) mass is 450 g/mol. The van der Waals surface area contributed by atoms with Crippen LogP contribution in [0.15, 0.2) is 47.4 Å². The minimum Gasteiger partial charge on any atom is -0.482 e. The summed E-state index contributed by atoms with van der Waals surface area (Å²) in [6.07, 6.45) is -4.01. The molecular weight excluding hydrogens is 433 g/mol. The second kappa shape index (κ2) is 9.47. The number of rotatable bonds is 8. The summed E-state index contributed by atoms with van der Waals surface area (Å²) in [5.74, 6) is -0.820. The largest absolute Gasteiger partial charge is 0.482 e. The van der Waals surface area contributed by atoms with E-state index < -0.39 is 40.0 Å². The number of hydrogen-bond donors (Lipinski definition) is 2. The number of amides is 1. The summed E-state index contributed by atoms with van der Waals surface area (Å²) in [6.45, 7) is 1.45. The zero-order chi connectivity index (χ0) is 21.7. The molecule has 0 atom stereocenters. The lowest BCUT2D eigenvalue weighted by Crippen LogP contribution is -2.24. The molecule has 2 aromatic carbocycles. The summed E-state index contributed by atoms with van der Waals surface area (Å²) in [4.78, 5) is 11.9. The Bertz CT molecular complexity index is 981. The van der Waals surface area contributed by atoms with Crippen molar-refractivity contribution >= 4 is 33.2 Å². The van der Waals surface area contributed by atoms with Gasteiger partial charge in [-0.1, -0.05) is 30.7 Å². The molecule has 0 heterocycles. The summed E-state index contributed by atoms with van der Waals surface area (Å²) in [5, 5.41) is 2.07. The number of alkyl halides is 3. The van der Waals surface area contributed by atoms with Crippen LogP contribution in [0.5, 0.6) is 5.75 Å². The fraction of sp³-hybridized carbons (Fsp3) is 0.278. The maximum atomic E-state index is 13.0. The van der Waals surface area contributed by atoms with Crippen LogP contribution in [-0.2, 0) is 21.0 Å². The second-order valence-electron chi connectivity index (χ2n) is 5.87. The molecule has 0 fully saturated rings. The number of para-hydroxylation sites is 1. The molecule has 0 bridgehead atoms. The molecule has 158 valence electrons. The number of benzene rings is 2. The third-order valence-corrected chi connectivity index (χ3v) is 5.38. The Morgan fingerprint density at radius 1 is 1.17 bits per heavy atom. The van der Waals surface area contributed by atoms with Crippen molar-refractivity contribution in [3.8, 4) is 5.75 Å². The number of carbonyl (C=O) groups is 1. The average Bonchev–Trinajstić information content (AvgIpc) is 2.65. The van der Waals surface area contributed by atoms with Gasteiger partial charge in [0.2, 0.25) is 10.0 Å². The maximum Gasteiger partial charge on any atom is 0.418 e. The molecule has 0 aliphatic carbocycles. The standard InChI is InChI=1S/C18H18ClF3N2O4S/c1-2-9-23-29(26,27)12-7-8-16(14(19)10-12)28-11-17(25)24-15-6-4-3-5-13(15)18(20,21)22/h3-8,10,23H,2,9,11H2,1H3,(H,24,25). The van der Waals surface area contributed by atoms with E-state index in [1.54, 1.807) is 0 Å². The molecule has 0 radical (unpaired) electrons. The molecule has 0 aromatic heterocycles. The predicted octanol–water partition coefficient (Wildman–Crippen LogP) is 4.06. The van der Waals surface area contributed by atoms with Crippen LogP contribution in [0.1, 0.15) is 18.9 Å². The van der Waals surface area contributed by atoms with Crippen LogP contribution in [0, 0.1) is 0 Å². The second-order valence-corrected chi connectivity index (χ2v) is 8.04. The third-order valence-electron chi connectivity index (χ3n) is 3.62. The van der Waals surface area contributed by atoms with Crippen molar-refractivity contribution in [3.05, 3.63) is 53.1 Å². The minimum absolute atomic E-state index is 0.0142. The van der Waals surface area contributed by atoms with Gasteiger partial charge in [0, 0.05) is 6.54 Å². The average molecular weight is 451 g/mol. The van der Waals surface area contributed by atoms with E-state index in [9.17, 15) is 26.4 Å². The molecule has 0 aliphatic rings. The summed E-state index contributed by atoms with van der Waals surface area (Å²) in [6, 6.07) is 8.20. The summed E-state index contributed by atoms with van der Waals surface area (Å²) in [7, 11) is -3.73. The SMILES string of the molecule is CCCNS(=O)(=O)c1ccc(OCC(=O)Nc2ccccc2C(F)(F)F)c(Cl)c1. The fourth-order valence-corrected chi connectivity index (χ4v) is 3.71. The first-order chi connectivity index (χ1) is 13.5. The Hall–Kier alpha value is -2.30. The summed E-state index contributed by atoms with van der Waals surface area (Å²) >= 11 is 6.00. The van der Waals surface area contributed by atoms with Gasteiger partial charge in [0.1, 0.15) is 5.75 Å². The highest BCUT2D eigenvalue weighted by Gasteiger charge is 2.33. The van der Waals surface area contributed by atoms with Crippen LogP contribution < -0.4 is 14.8 Å². The van der Waals surface area contributed by atoms with Gasteiger partial charge in [0.25, 0.3) is 5.91 Å². The summed E-state index contributed by atoms with van der Waals surface area (Å²) < 4.78 is 70.6. The highest BCUT2D eigenvalue weighted by molar-refractivity contribution is 7.89. The van der Waals surface area contributed by atoms with E-state index in [0.717, 1.165) is 18.2 Å². The molecular formula is C18H18ClF3N2O4S. The molecule has 0 unspecified atom stereocenters. The zero-order valence-corrected chi connectivity index (χ0v) is 16.8. The van der Waals surface area contributed by atoms with Gasteiger partial charge in [-0.25, -0.2) is 13.1 Å². The quantitative estimate of drug-likeness (QED) is 0.635. The topological polar surface area (TPSA) is 84.5 Å². The number of nitrogens with one attached hydrogen (secondary N) is 2. The zero-order valence-electron chi connectivity index (χ0n) is 15.2. The van der Waals surface area contributed by atoms with Crippen molar-refractivity contribution in [1.29, 1.82) is 0 Å². The van der Waals surface area contributed by atoms with Crippen LogP contribution in [-0.4, -0.2) is 27.5 Å². The first-order valence-electron chi connectivity index (χ1n) is 8.42. The number of carbonyl (C=O) groups excluding carboxylic acids is 1. The number of halogens is 4. The Morgan fingerprint density at radius 3 is 2.48 bits per heavy atom. The fourth-order valence-electron chi connectivity index (χ4n) is 2.25. The van der Waals surface area contributed by atoms with E-state index >= 15 is 0 Å². The van der Waals surface area contributed by atoms with Crippen molar-refractivity contribution in [2.24, 2.45) is 0 Å². The van der Waals surface area contributed by atoms with Gasteiger partial charge >= 0.3 is 6.18 Å². The van der Waals surface area contributed by atoms with Crippen molar-refractivity contribution in [3.63, 3.8) is 0 Å². The van der Waals surface area contributed by atoms with Crippen molar-refractivity contribution in [2.75, 3.05) is 18.5 Å². The molecule has 2 aromatic rings. The molecule has 11 heteroatoms. The van der Waals surface area contributed by atoms with Crippen molar-refractivity contribution < 1.29 is 31.1 Å². The van der Waals surface area contributed by atoms with Crippen LogP contribution >= 0.6 is 11.6 Å². The molecule has 0 spiro atoms. The van der Waals surface area contributed by atoms with Crippen LogP contribution in [0.3, 0.4) is 0 Å². The minimum atomic E-state index is -4.62. The Labute approximate surface area is 171 Å². The van der Waals surface area contributed by atoms with Crippen molar-refractivity contribution in [2.45, 2.75) is 24.4 Å². The molecule has 2 N–H and O–H groups in total. The Balaban J connectivity index is 2.05. The van der Waals surface area contributed by atoms with Crippen molar-refractivity contribution in [1.82, 2.24) is 4.72 Å². The van der Waals surface area contributed by atoms with Gasteiger partial charge in [-0.3, -0.25) is 4.79 Å². The molecule has 1 amide bonds.